The van der Waals surface area contributed by atoms with Gasteiger partial charge in [-0.2, -0.15) is 0 Å². The van der Waals surface area contributed by atoms with Crippen molar-refractivity contribution in [3.8, 4) is 0 Å². The monoisotopic (exact) mass is 331 g/mol. The summed E-state index contributed by atoms with van der Waals surface area (Å²) in [6, 6.07) is 1.96. The Bertz CT molecular complexity index is 549. The van der Waals surface area contributed by atoms with Gasteiger partial charge in [-0.3, -0.25) is 4.79 Å². The third-order valence-corrected chi connectivity index (χ3v) is 5.03. The van der Waals surface area contributed by atoms with Crippen LogP contribution in [0, 0.1) is 6.92 Å². The standard InChI is InChI=1S/C10H10BrN3OS2/c1-5-8(17-10(12)14-5)9(15)13-4-7-6(11)2-3-16-7/h2-3H,4H2,1H3,(H2,12,14)(H,13,15). The molecule has 0 aromatic carbocycles. The minimum Gasteiger partial charge on any atom is -0.375 e. The first-order valence-electron chi connectivity index (χ1n) is 4.81. The van der Waals surface area contributed by atoms with Gasteiger partial charge in [0.15, 0.2) is 5.13 Å². The second kappa shape index (κ2) is 5.16. The molecule has 17 heavy (non-hydrogen) atoms. The summed E-state index contributed by atoms with van der Waals surface area (Å²) in [5.74, 6) is -0.128. The molecule has 0 radical (unpaired) electrons. The van der Waals surface area contributed by atoms with E-state index < -0.39 is 0 Å². The van der Waals surface area contributed by atoms with Crippen LogP contribution in [0.5, 0.6) is 0 Å². The maximum atomic E-state index is 11.9. The number of hydrogen-bond acceptors (Lipinski definition) is 5. The number of thiazole rings is 1. The lowest BCUT2D eigenvalue weighted by Crippen LogP contribution is -2.22. The zero-order chi connectivity index (χ0) is 12.4. The van der Waals surface area contributed by atoms with Crippen LogP contribution in [0.1, 0.15) is 20.2 Å². The van der Waals surface area contributed by atoms with Crippen molar-refractivity contribution in [2.75, 3.05) is 5.73 Å². The van der Waals surface area contributed by atoms with Crippen LogP contribution in [-0.2, 0) is 6.54 Å². The van der Waals surface area contributed by atoms with Crippen LogP contribution in [0.25, 0.3) is 0 Å². The fourth-order valence-electron chi connectivity index (χ4n) is 1.32. The molecule has 2 heterocycles. The molecule has 2 aromatic rings. The molecule has 0 aliphatic rings. The van der Waals surface area contributed by atoms with E-state index >= 15 is 0 Å². The lowest BCUT2D eigenvalue weighted by atomic mass is 10.3. The summed E-state index contributed by atoms with van der Waals surface area (Å²) in [5.41, 5.74) is 6.23. The first-order chi connectivity index (χ1) is 8.08. The fraction of sp³-hybridized carbons (Fsp3) is 0.200. The molecule has 90 valence electrons. The molecule has 0 atom stereocenters. The average molecular weight is 332 g/mol. The van der Waals surface area contributed by atoms with E-state index in [9.17, 15) is 4.79 Å². The SMILES string of the molecule is Cc1nc(N)sc1C(=O)NCc1sccc1Br. The molecular weight excluding hydrogens is 322 g/mol. The molecule has 0 unspecified atom stereocenters. The van der Waals surface area contributed by atoms with Crippen molar-refractivity contribution >= 4 is 49.6 Å². The Labute approximate surface area is 115 Å². The maximum Gasteiger partial charge on any atom is 0.263 e. The summed E-state index contributed by atoms with van der Waals surface area (Å²) in [6.07, 6.45) is 0. The van der Waals surface area contributed by atoms with Gasteiger partial charge in [-0.05, 0) is 34.3 Å². The Kier molecular flexibility index (Phi) is 3.80. The smallest absolute Gasteiger partial charge is 0.263 e. The third-order valence-electron chi connectivity index (χ3n) is 2.12. The molecule has 7 heteroatoms. The van der Waals surface area contributed by atoms with Crippen LogP contribution in [0.15, 0.2) is 15.9 Å². The molecule has 0 aliphatic heterocycles. The Hall–Kier alpha value is -0.920. The topological polar surface area (TPSA) is 68.0 Å². The number of aromatic nitrogens is 1. The van der Waals surface area contributed by atoms with E-state index in [0.29, 0.717) is 22.2 Å². The van der Waals surface area contributed by atoms with Gasteiger partial charge in [-0.15, -0.1) is 11.3 Å². The van der Waals surface area contributed by atoms with E-state index in [1.165, 1.54) is 11.3 Å². The van der Waals surface area contributed by atoms with Gasteiger partial charge in [0, 0.05) is 9.35 Å². The van der Waals surface area contributed by atoms with Gasteiger partial charge < -0.3 is 11.1 Å². The predicted octanol–water partition coefficient (Wildman–Crippen LogP) is 2.79. The van der Waals surface area contributed by atoms with Gasteiger partial charge >= 0.3 is 0 Å². The van der Waals surface area contributed by atoms with Gasteiger partial charge in [-0.25, -0.2) is 4.98 Å². The lowest BCUT2D eigenvalue weighted by Gasteiger charge is -2.02. The van der Waals surface area contributed by atoms with E-state index in [-0.39, 0.29) is 5.91 Å². The summed E-state index contributed by atoms with van der Waals surface area (Å²) >= 11 is 6.23. The third kappa shape index (κ3) is 2.85. The number of halogens is 1. The number of nitrogen functional groups attached to an aromatic ring is 1. The van der Waals surface area contributed by atoms with Gasteiger partial charge in [0.25, 0.3) is 5.91 Å². The van der Waals surface area contributed by atoms with Gasteiger partial charge in [0.1, 0.15) is 4.88 Å². The van der Waals surface area contributed by atoms with Crippen molar-refractivity contribution in [2.24, 2.45) is 0 Å². The van der Waals surface area contributed by atoms with Crippen molar-refractivity contribution in [3.63, 3.8) is 0 Å². The van der Waals surface area contributed by atoms with Crippen LogP contribution in [0.2, 0.25) is 0 Å². The second-order valence-electron chi connectivity index (χ2n) is 3.34. The quantitative estimate of drug-likeness (QED) is 0.908. The minimum absolute atomic E-state index is 0.128. The number of nitrogens with one attached hydrogen (secondary N) is 1. The highest BCUT2D eigenvalue weighted by Gasteiger charge is 2.14. The zero-order valence-corrected chi connectivity index (χ0v) is 12.2. The number of carbonyl (C=O) groups excluding carboxylic acids is 1. The average Bonchev–Trinajstić information content (AvgIpc) is 2.81. The van der Waals surface area contributed by atoms with Crippen LogP contribution >= 0.6 is 38.6 Å². The molecule has 3 N–H and O–H groups in total. The van der Waals surface area contributed by atoms with E-state index in [4.69, 9.17) is 5.73 Å². The zero-order valence-electron chi connectivity index (χ0n) is 8.99. The van der Waals surface area contributed by atoms with Crippen molar-refractivity contribution in [3.05, 3.63) is 31.4 Å². The molecule has 2 aromatic heterocycles. The van der Waals surface area contributed by atoms with Crippen LogP contribution < -0.4 is 11.1 Å². The number of nitrogens with zero attached hydrogens (tertiary/aromatic N) is 1. The highest BCUT2D eigenvalue weighted by molar-refractivity contribution is 9.10. The van der Waals surface area contributed by atoms with Crippen molar-refractivity contribution in [1.29, 1.82) is 0 Å². The second-order valence-corrected chi connectivity index (χ2v) is 6.23. The first-order valence-corrected chi connectivity index (χ1v) is 7.30. The lowest BCUT2D eigenvalue weighted by molar-refractivity contribution is 0.0954. The maximum absolute atomic E-state index is 11.9. The Balaban J connectivity index is 2.03. The number of hydrogen-bond donors (Lipinski definition) is 2. The molecule has 0 saturated heterocycles. The molecule has 0 fully saturated rings. The van der Waals surface area contributed by atoms with Crippen molar-refractivity contribution in [1.82, 2.24) is 10.3 Å². The summed E-state index contributed by atoms with van der Waals surface area (Å²) in [6.45, 7) is 2.29. The fourth-order valence-corrected chi connectivity index (χ4v) is 3.50. The van der Waals surface area contributed by atoms with Crippen LogP contribution in [0.3, 0.4) is 0 Å². The molecule has 0 bridgehead atoms. The summed E-state index contributed by atoms with van der Waals surface area (Å²) < 4.78 is 1.02. The first kappa shape index (κ1) is 12.5. The summed E-state index contributed by atoms with van der Waals surface area (Å²) in [7, 11) is 0. The van der Waals surface area contributed by atoms with Gasteiger partial charge in [0.2, 0.25) is 0 Å². The molecule has 2 rings (SSSR count). The van der Waals surface area contributed by atoms with Crippen molar-refractivity contribution < 1.29 is 4.79 Å². The van der Waals surface area contributed by atoms with E-state index in [1.807, 2.05) is 11.4 Å². The van der Waals surface area contributed by atoms with E-state index in [1.54, 1.807) is 18.3 Å². The Morgan fingerprint density at radius 3 is 2.94 bits per heavy atom. The van der Waals surface area contributed by atoms with Crippen LogP contribution in [0.4, 0.5) is 5.13 Å². The number of amides is 1. The Morgan fingerprint density at radius 2 is 2.41 bits per heavy atom. The highest BCUT2D eigenvalue weighted by Crippen LogP contribution is 2.23. The molecule has 0 saturated carbocycles. The minimum atomic E-state index is -0.128. The molecule has 0 aliphatic carbocycles. The van der Waals surface area contributed by atoms with Gasteiger partial charge in [0.05, 0.1) is 12.2 Å². The summed E-state index contributed by atoms with van der Waals surface area (Å²) in [5, 5.41) is 5.25. The number of rotatable bonds is 3. The molecular formula is C10H10BrN3OS2. The normalized spacial score (nSPS) is 10.5. The molecule has 0 spiro atoms. The number of thiophene rings is 1. The largest absolute Gasteiger partial charge is 0.375 e. The summed E-state index contributed by atoms with van der Waals surface area (Å²) in [4.78, 5) is 17.6. The highest BCUT2D eigenvalue weighted by atomic mass is 79.9. The number of carbonyl (C=O) groups is 1. The van der Waals surface area contributed by atoms with Crippen molar-refractivity contribution in [2.45, 2.75) is 13.5 Å². The van der Waals surface area contributed by atoms with E-state index in [0.717, 1.165) is 9.35 Å². The van der Waals surface area contributed by atoms with Gasteiger partial charge in [-0.1, -0.05) is 11.3 Å². The predicted molar refractivity (Wildman–Crippen MR) is 74.5 cm³/mol. The Morgan fingerprint density at radius 1 is 1.65 bits per heavy atom. The number of nitrogens with two attached hydrogens (primary N) is 1. The molecule has 4 nitrogen and oxygen atoms in total. The molecule has 1 amide bonds. The number of aryl methyl sites for hydroxylation is 1. The van der Waals surface area contributed by atoms with Crippen LogP contribution in [-0.4, -0.2) is 10.9 Å². The number of anilines is 1. The van der Waals surface area contributed by atoms with E-state index in [2.05, 4.69) is 26.2 Å².